The average Bonchev–Trinajstić information content (AvgIpc) is 2.76. The monoisotopic (exact) mass is 312 g/mol. The molecule has 0 aliphatic heterocycles. The van der Waals surface area contributed by atoms with Gasteiger partial charge in [0.1, 0.15) is 6.10 Å². The van der Waals surface area contributed by atoms with Gasteiger partial charge in [0.05, 0.1) is 5.92 Å². The summed E-state index contributed by atoms with van der Waals surface area (Å²) in [6, 6.07) is 9.86. The van der Waals surface area contributed by atoms with Crippen LogP contribution in [0.15, 0.2) is 42.0 Å². The Balaban J connectivity index is 2.12. The van der Waals surface area contributed by atoms with Crippen molar-refractivity contribution in [3.05, 3.63) is 47.5 Å². The predicted molar refractivity (Wildman–Crippen MR) is 88.9 cm³/mol. The second-order valence-electron chi connectivity index (χ2n) is 7.61. The minimum Gasteiger partial charge on any atom is -0.462 e. The van der Waals surface area contributed by atoms with E-state index in [0.29, 0.717) is 0 Å². The molecule has 23 heavy (non-hydrogen) atoms. The number of ether oxygens (including phenoxy) is 1. The summed E-state index contributed by atoms with van der Waals surface area (Å²) in [5.41, 5.74) is 1.61. The minimum absolute atomic E-state index is 0.0510. The molecule has 1 saturated carbocycles. The predicted octanol–water partition coefficient (Wildman–Crippen LogP) is 4.04. The summed E-state index contributed by atoms with van der Waals surface area (Å²) < 4.78 is 5.67. The van der Waals surface area contributed by atoms with Gasteiger partial charge in [-0.25, -0.2) is 0 Å². The topological polar surface area (TPSA) is 43.4 Å². The molecule has 0 aromatic heterocycles. The molecule has 2 aliphatic carbocycles. The fraction of sp³-hybridized carbons (Fsp3) is 0.500. The van der Waals surface area contributed by atoms with E-state index >= 15 is 0 Å². The van der Waals surface area contributed by atoms with Crippen molar-refractivity contribution in [2.45, 2.75) is 52.6 Å². The Hall–Kier alpha value is -1.90. The Labute approximate surface area is 137 Å². The van der Waals surface area contributed by atoms with Crippen LogP contribution >= 0.6 is 0 Å². The first-order valence-electron chi connectivity index (χ1n) is 8.25. The Morgan fingerprint density at radius 1 is 1.17 bits per heavy atom. The standard InChI is InChI=1S/C20H24O3/c1-13(21)23-17-10-11-19(2,3)16-12-15(22)18(20(16,17)4)14-8-6-5-7-9-14/h5-9,12,17-18H,10-11H2,1-4H3/t17-,18-,20+/m1/s1. The highest BCUT2D eigenvalue weighted by molar-refractivity contribution is 6.01. The molecule has 3 nitrogen and oxygen atoms in total. The third-order valence-electron chi connectivity index (χ3n) is 5.62. The number of hydrogen-bond donors (Lipinski definition) is 0. The molecule has 0 heterocycles. The van der Waals surface area contributed by atoms with Gasteiger partial charge in [-0.1, -0.05) is 56.7 Å². The maximum absolute atomic E-state index is 12.8. The quantitative estimate of drug-likeness (QED) is 0.774. The van der Waals surface area contributed by atoms with Crippen LogP contribution in [0.5, 0.6) is 0 Å². The normalized spacial score (nSPS) is 32.2. The van der Waals surface area contributed by atoms with E-state index in [1.165, 1.54) is 6.92 Å². The molecule has 0 N–H and O–H groups in total. The molecule has 0 bridgehead atoms. The Kier molecular flexibility index (Phi) is 3.70. The van der Waals surface area contributed by atoms with Gasteiger partial charge >= 0.3 is 5.97 Å². The molecule has 1 fully saturated rings. The zero-order valence-corrected chi connectivity index (χ0v) is 14.3. The van der Waals surface area contributed by atoms with E-state index in [1.807, 2.05) is 36.4 Å². The summed E-state index contributed by atoms with van der Waals surface area (Å²) in [5.74, 6) is -0.426. The van der Waals surface area contributed by atoms with Crippen molar-refractivity contribution in [2.75, 3.05) is 0 Å². The summed E-state index contributed by atoms with van der Waals surface area (Å²) in [4.78, 5) is 24.5. The van der Waals surface area contributed by atoms with E-state index in [9.17, 15) is 9.59 Å². The second-order valence-corrected chi connectivity index (χ2v) is 7.61. The van der Waals surface area contributed by atoms with Gasteiger partial charge < -0.3 is 4.74 Å². The Bertz CT molecular complexity index is 671. The molecule has 0 spiro atoms. The zero-order chi connectivity index (χ0) is 16.8. The van der Waals surface area contributed by atoms with Crippen LogP contribution < -0.4 is 0 Å². The van der Waals surface area contributed by atoms with Crippen LogP contribution in [0.25, 0.3) is 0 Å². The lowest BCUT2D eigenvalue weighted by Crippen LogP contribution is -2.48. The fourth-order valence-corrected chi connectivity index (χ4v) is 4.58. The first-order valence-corrected chi connectivity index (χ1v) is 8.25. The first kappa shape index (κ1) is 16.0. The number of benzene rings is 1. The maximum Gasteiger partial charge on any atom is 0.302 e. The molecule has 1 aromatic carbocycles. The number of carbonyl (C=O) groups is 2. The van der Waals surface area contributed by atoms with Crippen LogP contribution in [-0.4, -0.2) is 17.9 Å². The van der Waals surface area contributed by atoms with Gasteiger partial charge in [0.15, 0.2) is 5.78 Å². The fourth-order valence-electron chi connectivity index (χ4n) is 4.58. The van der Waals surface area contributed by atoms with Crippen molar-refractivity contribution in [1.82, 2.24) is 0 Å². The highest BCUT2D eigenvalue weighted by Crippen LogP contribution is 2.61. The molecule has 122 valence electrons. The molecule has 2 aliphatic rings. The highest BCUT2D eigenvalue weighted by atomic mass is 16.5. The van der Waals surface area contributed by atoms with Crippen LogP contribution in [0.2, 0.25) is 0 Å². The highest BCUT2D eigenvalue weighted by Gasteiger charge is 2.59. The SMILES string of the molecule is CC(=O)O[C@@H]1CCC(C)(C)C2=CC(=O)[C@@H](c3ccccc3)[C@@]21C. The van der Waals surface area contributed by atoms with Crippen molar-refractivity contribution in [3.8, 4) is 0 Å². The molecule has 0 amide bonds. The molecule has 0 unspecified atom stereocenters. The summed E-state index contributed by atoms with van der Waals surface area (Å²) in [6.45, 7) is 7.90. The summed E-state index contributed by atoms with van der Waals surface area (Å²) >= 11 is 0. The van der Waals surface area contributed by atoms with Crippen LogP contribution in [0.3, 0.4) is 0 Å². The van der Waals surface area contributed by atoms with Gasteiger partial charge in [-0.15, -0.1) is 0 Å². The third-order valence-corrected chi connectivity index (χ3v) is 5.62. The number of rotatable bonds is 2. The summed E-state index contributed by atoms with van der Waals surface area (Å²) in [6.07, 6.45) is 3.27. The largest absolute Gasteiger partial charge is 0.462 e. The van der Waals surface area contributed by atoms with Gasteiger partial charge in [0.2, 0.25) is 0 Å². The van der Waals surface area contributed by atoms with Crippen LogP contribution in [0.1, 0.15) is 52.0 Å². The van der Waals surface area contributed by atoms with Crippen LogP contribution in [0, 0.1) is 10.8 Å². The Morgan fingerprint density at radius 2 is 1.83 bits per heavy atom. The van der Waals surface area contributed by atoms with Crippen LogP contribution in [0.4, 0.5) is 0 Å². The number of fused-ring (bicyclic) bond motifs is 1. The van der Waals surface area contributed by atoms with Gasteiger partial charge in [0.25, 0.3) is 0 Å². The molecular weight excluding hydrogens is 288 g/mol. The van der Waals surface area contributed by atoms with Crippen molar-refractivity contribution >= 4 is 11.8 Å². The summed E-state index contributed by atoms with van der Waals surface area (Å²) in [7, 11) is 0. The van der Waals surface area contributed by atoms with Gasteiger partial charge in [-0.2, -0.15) is 0 Å². The van der Waals surface area contributed by atoms with Crippen molar-refractivity contribution in [3.63, 3.8) is 0 Å². The molecule has 0 radical (unpaired) electrons. The summed E-state index contributed by atoms with van der Waals surface area (Å²) in [5, 5.41) is 0. The Morgan fingerprint density at radius 3 is 2.43 bits per heavy atom. The second kappa shape index (κ2) is 5.33. The van der Waals surface area contributed by atoms with Crippen molar-refractivity contribution in [2.24, 2.45) is 10.8 Å². The van der Waals surface area contributed by atoms with Crippen LogP contribution in [-0.2, 0) is 14.3 Å². The van der Waals surface area contributed by atoms with Gasteiger partial charge in [0, 0.05) is 12.3 Å². The van der Waals surface area contributed by atoms with E-state index in [-0.39, 0.29) is 29.2 Å². The van der Waals surface area contributed by atoms with Crippen molar-refractivity contribution < 1.29 is 14.3 Å². The van der Waals surface area contributed by atoms with Gasteiger partial charge in [-0.05, 0) is 29.9 Å². The lowest BCUT2D eigenvalue weighted by molar-refractivity contribution is -0.156. The van der Waals surface area contributed by atoms with Gasteiger partial charge in [-0.3, -0.25) is 9.59 Å². The lowest BCUT2D eigenvalue weighted by Gasteiger charge is -2.50. The number of carbonyl (C=O) groups excluding carboxylic acids is 2. The number of allylic oxidation sites excluding steroid dienone is 1. The van der Waals surface area contributed by atoms with Crippen molar-refractivity contribution in [1.29, 1.82) is 0 Å². The smallest absolute Gasteiger partial charge is 0.302 e. The molecule has 3 rings (SSSR count). The molecule has 3 heteroatoms. The number of ketones is 1. The van der Waals surface area contributed by atoms with E-state index in [4.69, 9.17) is 4.74 Å². The lowest BCUT2D eigenvalue weighted by atomic mass is 9.56. The van der Waals surface area contributed by atoms with E-state index in [2.05, 4.69) is 20.8 Å². The maximum atomic E-state index is 12.8. The zero-order valence-electron chi connectivity index (χ0n) is 14.3. The minimum atomic E-state index is -0.466. The number of hydrogen-bond acceptors (Lipinski definition) is 3. The van der Waals surface area contributed by atoms with E-state index < -0.39 is 5.41 Å². The van der Waals surface area contributed by atoms with E-state index in [1.54, 1.807) is 0 Å². The first-order chi connectivity index (χ1) is 10.8. The molecule has 3 atom stereocenters. The molecule has 1 aromatic rings. The molecule has 0 saturated heterocycles. The number of esters is 1. The third kappa shape index (κ3) is 2.43. The average molecular weight is 312 g/mol. The van der Waals surface area contributed by atoms with E-state index in [0.717, 1.165) is 24.0 Å². The molecular formula is C20H24O3.